The summed E-state index contributed by atoms with van der Waals surface area (Å²) in [6.45, 7) is 1.79. The summed E-state index contributed by atoms with van der Waals surface area (Å²) >= 11 is 1.68. The van der Waals surface area contributed by atoms with Crippen molar-refractivity contribution in [3.05, 3.63) is 22.4 Å². The fourth-order valence-electron chi connectivity index (χ4n) is 2.78. The van der Waals surface area contributed by atoms with Gasteiger partial charge in [0.05, 0.1) is 12.5 Å². The van der Waals surface area contributed by atoms with Crippen LogP contribution < -0.4 is 0 Å². The number of ether oxygens (including phenoxy) is 1. The van der Waals surface area contributed by atoms with Gasteiger partial charge in [-0.25, -0.2) is 0 Å². The van der Waals surface area contributed by atoms with Crippen LogP contribution in [-0.4, -0.2) is 36.5 Å². The highest BCUT2D eigenvalue weighted by Gasteiger charge is 2.37. The predicted molar refractivity (Wildman–Crippen MR) is 81.0 cm³/mol. The molecular formula is C16H21NO3S. The Morgan fingerprint density at radius 1 is 1.29 bits per heavy atom. The molecular weight excluding hydrogens is 286 g/mol. The van der Waals surface area contributed by atoms with Crippen LogP contribution in [0.5, 0.6) is 0 Å². The molecule has 0 radical (unpaired) electrons. The molecule has 1 saturated carbocycles. The first kappa shape index (κ1) is 14.6. The first-order chi connectivity index (χ1) is 10.2. The van der Waals surface area contributed by atoms with Gasteiger partial charge >= 0.3 is 5.97 Å². The van der Waals surface area contributed by atoms with Gasteiger partial charge in [-0.2, -0.15) is 0 Å². The summed E-state index contributed by atoms with van der Waals surface area (Å²) in [4.78, 5) is 27.3. The molecule has 0 aromatic carbocycles. The maximum Gasteiger partial charge on any atom is 0.310 e. The van der Waals surface area contributed by atoms with Crippen LogP contribution >= 0.6 is 11.3 Å². The quantitative estimate of drug-likeness (QED) is 0.785. The Labute approximate surface area is 129 Å². The summed E-state index contributed by atoms with van der Waals surface area (Å²) < 4.78 is 5.39. The van der Waals surface area contributed by atoms with Crippen molar-refractivity contribution in [3.8, 4) is 0 Å². The average Bonchev–Trinajstić information content (AvgIpc) is 3.24. The summed E-state index contributed by atoms with van der Waals surface area (Å²) in [6, 6.07) is 4.06. The number of amides is 1. The smallest absolute Gasteiger partial charge is 0.310 e. The van der Waals surface area contributed by atoms with Crippen LogP contribution in [0.3, 0.4) is 0 Å². The molecule has 4 nitrogen and oxygen atoms in total. The zero-order valence-electron chi connectivity index (χ0n) is 12.1. The highest BCUT2D eigenvalue weighted by Crippen LogP contribution is 2.32. The number of likely N-dealkylation sites (tertiary alicyclic amines) is 1. The molecule has 21 heavy (non-hydrogen) atoms. The van der Waals surface area contributed by atoms with Crippen molar-refractivity contribution in [3.63, 3.8) is 0 Å². The van der Waals surface area contributed by atoms with E-state index in [-0.39, 0.29) is 23.7 Å². The molecule has 1 aliphatic carbocycles. The molecule has 1 aromatic rings. The minimum atomic E-state index is -0.139. The Kier molecular flexibility index (Phi) is 4.58. The zero-order valence-corrected chi connectivity index (χ0v) is 12.9. The van der Waals surface area contributed by atoms with Crippen molar-refractivity contribution < 1.29 is 14.3 Å². The second-order valence-electron chi connectivity index (χ2n) is 5.89. The lowest BCUT2D eigenvalue weighted by molar-refractivity contribution is -0.151. The van der Waals surface area contributed by atoms with Gasteiger partial charge in [-0.3, -0.25) is 9.59 Å². The fourth-order valence-corrected chi connectivity index (χ4v) is 3.47. The molecule has 1 unspecified atom stereocenters. The molecule has 0 N–H and O–H groups in total. The van der Waals surface area contributed by atoms with E-state index in [9.17, 15) is 9.59 Å². The van der Waals surface area contributed by atoms with Crippen LogP contribution in [0, 0.1) is 11.8 Å². The second kappa shape index (κ2) is 6.60. The lowest BCUT2D eigenvalue weighted by Crippen LogP contribution is -2.43. The topological polar surface area (TPSA) is 46.6 Å². The molecule has 114 valence electrons. The van der Waals surface area contributed by atoms with E-state index in [0.29, 0.717) is 13.2 Å². The molecule has 1 atom stereocenters. The van der Waals surface area contributed by atoms with Gasteiger partial charge in [-0.05, 0) is 37.1 Å². The van der Waals surface area contributed by atoms with Gasteiger partial charge in [0.1, 0.15) is 0 Å². The Morgan fingerprint density at radius 2 is 2.14 bits per heavy atom. The van der Waals surface area contributed by atoms with E-state index >= 15 is 0 Å². The number of hydrogen-bond acceptors (Lipinski definition) is 4. The monoisotopic (exact) mass is 307 g/mol. The van der Waals surface area contributed by atoms with Crippen LogP contribution in [0.25, 0.3) is 0 Å². The minimum absolute atomic E-state index is 0.134. The summed E-state index contributed by atoms with van der Waals surface area (Å²) in [5, 5.41) is 2.03. The molecule has 0 bridgehead atoms. The van der Waals surface area contributed by atoms with Gasteiger partial charge in [0.25, 0.3) is 0 Å². The van der Waals surface area contributed by atoms with Gasteiger partial charge in [0.2, 0.25) is 5.91 Å². The Bertz CT molecular complexity index is 496. The maximum absolute atomic E-state index is 12.1. The standard InChI is InChI=1S/C16H21NO3S/c18-15(12-5-6-12)17-8-1-3-13(11-17)16(19)20-9-7-14-4-2-10-21-14/h2,4,10,12-13H,1,3,5-9,11H2. The molecule has 1 saturated heterocycles. The third-order valence-corrected chi connectivity index (χ3v) is 5.10. The molecule has 2 fully saturated rings. The summed E-state index contributed by atoms with van der Waals surface area (Å²) in [7, 11) is 0. The molecule has 0 spiro atoms. The second-order valence-corrected chi connectivity index (χ2v) is 6.93. The summed E-state index contributed by atoms with van der Waals surface area (Å²) in [5.74, 6) is 0.203. The van der Waals surface area contributed by atoms with Crippen LogP contribution in [0.4, 0.5) is 0 Å². The first-order valence-electron chi connectivity index (χ1n) is 7.72. The Morgan fingerprint density at radius 3 is 2.86 bits per heavy atom. The largest absolute Gasteiger partial charge is 0.465 e. The van der Waals surface area contributed by atoms with Crippen LogP contribution in [0.2, 0.25) is 0 Å². The number of nitrogens with zero attached hydrogens (tertiary/aromatic N) is 1. The Hall–Kier alpha value is -1.36. The van der Waals surface area contributed by atoms with E-state index in [1.54, 1.807) is 11.3 Å². The molecule has 3 rings (SSSR count). The molecule has 1 aliphatic heterocycles. The van der Waals surface area contributed by atoms with Gasteiger partial charge < -0.3 is 9.64 Å². The van der Waals surface area contributed by atoms with E-state index in [4.69, 9.17) is 4.74 Å². The van der Waals surface area contributed by atoms with E-state index in [1.165, 1.54) is 4.88 Å². The maximum atomic E-state index is 12.1. The van der Waals surface area contributed by atoms with Crippen molar-refractivity contribution in [1.82, 2.24) is 4.90 Å². The van der Waals surface area contributed by atoms with E-state index < -0.39 is 0 Å². The third-order valence-electron chi connectivity index (χ3n) is 4.17. The first-order valence-corrected chi connectivity index (χ1v) is 8.60. The number of piperidine rings is 1. The van der Waals surface area contributed by atoms with Gasteiger partial charge in [0.15, 0.2) is 0 Å². The predicted octanol–water partition coefficient (Wildman–Crippen LogP) is 2.48. The third kappa shape index (κ3) is 3.84. The molecule has 1 amide bonds. The van der Waals surface area contributed by atoms with Crippen molar-refractivity contribution in [2.45, 2.75) is 32.1 Å². The van der Waals surface area contributed by atoms with E-state index in [0.717, 1.165) is 38.6 Å². The minimum Gasteiger partial charge on any atom is -0.465 e. The number of rotatable bonds is 5. The van der Waals surface area contributed by atoms with Crippen molar-refractivity contribution >= 4 is 23.2 Å². The van der Waals surface area contributed by atoms with Crippen molar-refractivity contribution in [2.24, 2.45) is 11.8 Å². The van der Waals surface area contributed by atoms with Crippen LogP contribution in [0.1, 0.15) is 30.6 Å². The van der Waals surface area contributed by atoms with Crippen LogP contribution in [0.15, 0.2) is 17.5 Å². The molecule has 2 aliphatic rings. The number of thiophene rings is 1. The Balaban J connectivity index is 1.44. The fraction of sp³-hybridized carbons (Fsp3) is 0.625. The van der Waals surface area contributed by atoms with Crippen molar-refractivity contribution in [1.29, 1.82) is 0 Å². The normalized spacial score (nSPS) is 22.1. The number of esters is 1. The lowest BCUT2D eigenvalue weighted by atomic mass is 9.98. The zero-order chi connectivity index (χ0) is 14.7. The SMILES string of the molecule is O=C(OCCc1cccs1)C1CCCN(C(=O)C2CC2)C1. The van der Waals surface area contributed by atoms with Gasteiger partial charge in [-0.1, -0.05) is 6.07 Å². The lowest BCUT2D eigenvalue weighted by Gasteiger charge is -2.31. The molecule has 2 heterocycles. The number of hydrogen-bond donors (Lipinski definition) is 0. The molecule has 1 aromatic heterocycles. The summed E-state index contributed by atoms with van der Waals surface area (Å²) in [6.07, 6.45) is 4.56. The van der Waals surface area contributed by atoms with Crippen LogP contribution in [-0.2, 0) is 20.7 Å². The van der Waals surface area contributed by atoms with E-state index in [1.807, 2.05) is 16.3 Å². The average molecular weight is 307 g/mol. The van der Waals surface area contributed by atoms with E-state index in [2.05, 4.69) is 6.07 Å². The number of carbonyl (C=O) groups is 2. The number of carbonyl (C=O) groups excluding carboxylic acids is 2. The highest BCUT2D eigenvalue weighted by atomic mass is 32.1. The highest BCUT2D eigenvalue weighted by molar-refractivity contribution is 7.09. The van der Waals surface area contributed by atoms with Gasteiger partial charge in [-0.15, -0.1) is 11.3 Å². The summed E-state index contributed by atoms with van der Waals surface area (Å²) in [5.41, 5.74) is 0. The van der Waals surface area contributed by atoms with Gasteiger partial charge in [0, 0.05) is 30.3 Å². The molecule has 5 heteroatoms. The van der Waals surface area contributed by atoms with Crippen molar-refractivity contribution in [2.75, 3.05) is 19.7 Å².